The number of ether oxygens (including phenoxy) is 2. The van der Waals surface area contributed by atoms with Gasteiger partial charge in [-0.15, -0.1) is 22.6 Å². The molecule has 1 N–H and O–H groups in total. The van der Waals surface area contributed by atoms with E-state index in [0.29, 0.717) is 25.6 Å². The summed E-state index contributed by atoms with van der Waals surface area (Å²) in [7, 11) is 0. The Morgan fingerprint density at radius 1 is 0.853 bits per heavy atom. The van der Waals surface area contributed by atoms with Crippen molar-refractivity contribution < 1.29 is 9.47 Å². The molecule has 0 aliphatic carbocycles. The molecule has 7 nitrogen and oxygen atoms in total. The van der Waals surface area contributed by atoms with Crippen molar-refractivity contribution in [2.24, 2.45) is 0 Å². The van der Waals surface area contributed by atoms with Crippen LogP contribution in [0, 0.1) is 0 Å². The molecule has 0 amide bonds. The summed E-state index contributed by atoms with van der Waals surface area (Å²) in [5, 5.41) is 15.4. The van der Waals surface area contributed by atoms with E-state index < -0.39 is 0 Å². The third kappa shape index (κ3) is 5.06. The molecule has 0 spiro atoms. The van der Waals surface area contributed by atoms with E-state index in [1.807, 2.05) is 55.5 Å². The number of benzene rings is 3. The SMILES string of the molecule is CCOCc1cc(OCc2ccc(-c3ccccc3-c3nn[nH]n3)cc2)c2ccccc2n1.Cl. The largest absolute Gasteiger partial charge is 0.488 e. The average molecular weight is 474 g/mol. The maximum atomic E-state index is 6.23. The van der Waals surface area contributed by atoms with Crippen molar-refractivity contribution >= 4 is 23.3 Å². The van der Waals surface area contributed by atoms with E-state index in [-0.39, 0.29) is 12.4 Å². The third-order valence-electron chi connectivity index (χ3n) is 5.36. The number of nitrogens with zero attached hydrogens (tertiary/aromatic N) is 4. The molecule has 0 atom stereocenters. The van der Waals surface area contributed by atoms with E-state index in [0.717, 1.165) is 44.6 Å². The van der Waals surface area contributed by atoms with Gasteiger partial charge in [-0.2, -0.15) is 5.21 Å². The highest BCUT2D eigenvalue weighted by Gasteiger charge is 2.11. The Hall–Kier alpha value is -3.81. The Morgan fingerprint density at radius 3 is 2.38 bits per heavy atom. The lowest BCUT2D eigenvalue weighted by Gasteiger charge is -2.12. The Bertz CT molecular complexity index is 1360. The number of hydrogen-bond donors (Lipinski definition) is 1. The fraction of sp³-hybridized carbons (Fsp3) is 0.154. The number of fused-ring (bicyclic) bond motifs is 1. The van der Waals surface area contributed by atoms with Crippen molar-refractivity contribution in [2.45, 2.75) is 20.1 Å². The third-order valence-corrected chi connectivity index (χ3v) is 5.36. The second-order valence-electron chi connectivity index (χ2n) is 7.53. The van der Waals surface area contributed by atoms with Crippen molar-refractivity contribution in [1.82, 2.24) is 25.6 Å². The van der Waals surface area contributed by atoms with Gasteiger partial charge in [0, 0.05) is 23.6 Å². The number of pyridine rings is 1. The molecule has 0 radical (unpaired) electrons. The molecule has 8 heteroatoms. The lowest BCUT2D eigenvalue weighted by molar-refractivity contribution is 0.131. The van der Waals surface area contributed by atoms with Crippen LogP contribution in [0.3, 0.4) is 0 Å². The molecule has 0 aliphatic heterocycles. The number of H-pyrrole nitrogens is 1. The standard InChI is InChI=1S/C26H23N5O2.ClH/c1-2-32-17-20-15-25(23-9-5-6-10-24(23)27-20)33-16-18-11-13-19(14-12-18)21-7-3-4-8-22(21)26-28-30-31-29-26;/h3-15H,2,16-17H2,1H3,(H,28,29,30,31);1H. The molecular formula is C26H24ClN5O2. The summed E-state index contributed by atoms with van der Waals surface area (Å²) in [6.45, 7) is 3.54. The van der Waals surface area contributed by atoms with Gasteiger partial charge in [0.1, 0.15) is 12.4 Å². The molecule has 0 unspecified atom stereocenters. The van der Waals surface area contributed by atoms with E-state index in [2.05, 4.69) is 55.9 Å². The van der Waals surface area contributed by atoms with E-state index in [1.54, 1.807) is 0 Å². The molecule has 0 fully saturated rings. The molecule has 0 bridgehead atoms. The molecule has 0 saturated heterocycles. The zero-order valence-electron chi connectivity index (χ0n) is 18.6. The summed E-state index contributed by atoms with van der Waals surface area (Å²) < 4.78 is 11.8. The summed E-state index contributed by atoms with van der Waals surface area (Å²) in [5.74, 6) is 1.38. The molecule has 5 aromatic rings. The van der Waals surface area contributed by atoms with Gasteiger partial charge in [-0.05, 0) is 41.0 Å². The summed E-state index contributed by atoms with van der Waals surface area (Å²) in [4.78, 5) is 4.68. The molecular weight excluding hydrogens is 450 g/mol. The predicted molar refractivity (Wildman–Crippen MR) is 134 cm³/mol. The smallest absolute Gasteiger partial charge is 0.205 e. The highest BCUT2D eigenvalue weighted by molar-refractivity contribution is 5.86. The van der Waals surface area contributed by atoms with Crippen molar-refractivity contribution in [3.8, 4) is 28.3 Å². The predicted octanol–water partition coefficient (Wildman–Crippen LogP) is 5.62. The fourth-order valence-corrected chi connectivity index (χ4v) is 3.74. The van der Waals surface area contributed by atoms with Crippen LogP contribution in [-0.2, 0) is 18.0 Å². The zero-order valence-corrected chi connectivity index (χ0v) is 19.5. The summed E-state index contributed by atoms with van der Waals surface area (Å²) in [6, 6.07) is 26.3. The van der Waals surface area contributed by atoms with Crippen LogP contribution in [0.5, 0.6) is 5.75 Å². The number of rotatable bonds is 8. The zero-order chi connectivity index (χ0) is 22.5. The van der Waals surface area contributed by atoms with Gasteiger partial charge in [-0.1, -0.05) is 60.7 Å². The maximum absolute atomic E-state index is 6.23. The molecule has 0 aliphatic rings. The minimum absolute atomic E-state index is 0. The van der Waals surface area contributed by atoms with Gasteiger partial charge >= 0.3 is 0 Å². The van der Waals surface area contributed by atoms with E-state index >= 15 is 0 Å². The van der Waals surface area contributed by atoms with E-state index in [4.69, 9.17) is 9.47 Å². The summed E-state index contributed by atoms with van der Waals surface area (Å²) in [6.07, 6.45) is 0. The number of halogens is 1. The van der Waals surface area contributed by atoms with Crippen molar-refractivity contribution in [2.75, 3.05) is 6.61 Å². The lowest BCUT2D eigenvalue weighted by Crippen LogP contribution is -2.00. The van der Waals surface area contributed by atoms with Crippen molar-refractivity contribution in [3.05, 3.63) is 90.1 Å². The highest BCUT2D eigenvalue weighted by Crippen LogP contribution is 2.30. The Balaban J connectivity index is 0.00000274. The van der Waals surface area contributed by atoms with Gasteiger partial charge in [0.25, 0.3) is 0 Å². The lowest BCUT2D eigenvalue weighted by atomic mass is 9.98. The number of hydrogen-bond acceptors (Lipinski definition) is 6. The number of para-hydroxylation sites is 1. The van der Waals surface area contributed by atoms with E-state index in [9.17, 15) is 0 Å². The van der Waals surface area contributed by atoms with Crippen LogP contribution in [0.15, 0.2) is 78.9 Å². The minimum Gasteiger partial charge on any atom is -0.488 e. The fourth-order valence-electron chi connectivity index (χ4n) is 3.74. The normalized spacial score (nSPS) is 10.7. The van der Waals surface area contributed by atoms with Gasteiger partial charge in [0.15, 0.2) is 0 Å². The van der Waals surface area contributed by atoms with Crippen LogP contribution in [0.2, 0.25) is 0 Å². The van der Waals surface area contributed by atoms with Crippen molar-refractivity contribution in [3.63, 3.8) is 0 Å². The average Bonchev–Trinajstić information content (AvgIpc) is 3.41. The Kier molecular flexibility index (Phi) is 7.47. The first-order valence-corrected chi connectivity index (χ1v) is 10.8. The van der Waals surface area contributed by atoms with Crippen LogP contribution >= 0.6 is 12.4 Å². The van der Waals surface area contributed by atoms with Crippen LogP contribution in [0.4, 0.5) is 0 Å². The van der Waals surface area contributed by atoms with Gasteiger partial charge in [0.2, 0.25) is 5.82 Å². The molecule has 3 aromatic carbocycles. The van der Waals surface area contributed by atoms with Crippen LogP contribution in [0.25, 0.3) is 33.4 Å². The summed E-state index contributed by atoms with van der Waals surface area (Å²) in [5.41, 5.74) is 5.89. The second-order valence-corrected chi connectivity index (χ2v) is 7.53. The van der Waals surface area contributed by atoms with Crippen LogP contribution in [-0.4, -0.2) is 32.2 Å². The first-order chi connectivity index (χ1) is 16.3. The molecule has 0 saturated carbocycles. The topological polar surface area (TPSA) is 85.8 Å². The van der Waals surface area contributed by atoms with Gasteiger partial charge in [-0.3, -0.25) is 4.98 Å². The minimum atomic E-state index is 0. The number of aromatic nitrogens is 5. The highest BCUT2D eigenvalue weighted by atomic mass is 35.5. The van der Waals surface area contributed by atoms with Gasteiger partial charge < -0.3 is 9.47 Å². The van der Waals surface area contributed by atoms with Crippen molar-refractivity contribution in [1.29, 1.82) is 0 Å². The number of nitrogens with one attached hydrogen (secondary N) is 1. The Labute approximate surface area is 203 Å². The molecule has 5 rings (SSSR count). The maximum Gasteiger partial charge on any atom is 0.205 e. The second kappa shape index (κ2) is 10.9. The monoisotopic (exact) mass is 473 g/mol. The van der Waals surface area contributed by atoms with Crippen LogP contribution < -0.4 is 4.74 Å². The quantitative estimate of drug-likeness (QED) is 0.315. The van der Waals surface area contributed by atoms with Gasteiger partial charge in [0.05, 0.1) is 17.8 Å². The number of tetrazole rings is 1. The number of aromatic amines is 1. The van der Waals surface area contributed by atoms with Crippen LogP contribution in [0.1, 0.15) is 18.2 Å². The first kappa shape index (κ1) is 23.4. The summed E-state index contributed by atoms with van der Waals surface area (Å²) >= 11 is 0. The van der Waals surface area contributed by atoms with Gasteiger partial charge in [-0.25, -0.2) is 0 Å². The molecule has 172 valence electrons. The van der Waals surface area contributed by atoms with E-state index in [1.165, 1.54) is 0 Å². The molecule has 2 aromatic heterocycles. The molecule has 2 heterocycles. The molecule has 34 heavy (non-hydrogen) atoms. The Morgan fingerprint density at radius 2 is 1.62 bits per heavy atom. The first-order valence-electron chi connectivity index (χ1n) is 10.8.